The molecule has 0 fully saturated rings. The molecule has 0 saturated heterocycles. The van der Waals surface area contributed by atoms with Crippen molar-refractivity contribution < 1.29 is 0 Å². The summed E-state index contributed by atoms with van der Waals surface area (Å²) in [6.45, 7) is 33.8. The van der Waals surface area contributed by atoms with E-state index in [9.17, 15) is 0 Å². The third kappa shape index (κ3) is 28.2. The first kappa shape index (κ1) is 83.6. The Morgan fingerprint density at radius 3 is 0.304 bits per heavy atom. The Bertz CT molecular complexity index is 5170. The van der Waals surface area contributed by atoms with Crippen LogP contribution in [0.5, 0.6) is 0 Å². The van der Waals surface area contributed by atoms with E-state index in [0.29, 0.717) is 0 Å². The first-order chi connectivity index (χ1) is 54.0. The van der Waals surface area contributed by atoms with Crippen LogP contribution in [-0.2, 0) is 0 Å². The van der Waals surface area contributed by atoms with E-state index in [4.69, 9.17) is 0 Å². The van der Waals surface area contributed by atoms with Gasteiger partial charge in [-0.25, -0.2) is 0 Å². The smallest absolute Gasteiger partial charge is 0.0181 e. The standard InChI is InChI=1S/2C20H18.4C14H14.2C8H10/c1-15-3-7-17(8-4-15)19-11-13-20(14-12-19)18-9-5-16(2)6-10-18;1-15-6-8-17(9-7-15)18-10-12-19(13-11-18)20-5-3-4-16(2)14-20;1-11-3-7-13(8-4-11)14-9-5-12(2)6-10-14;1-11-5-3-7-13(9-11)14-8-4-6-12(2)10-14;2*1-11-6-8-13(9-7-11)14-5-3-4-12(2)10-14;1-7-3-5-8(2)6-4-7;1-7-4-3-5-8(2)6-7/h2*3-14H,1-2H3;4*3-10H,1-2H3;2*3-6H,1-2H3. The molecule has 0 spiro atoms. The second kappa shape index (κ2) is 43.1. The normalized spacial score (nSPS) is 10.1. The topological polar surface area (TPSA) is 0 Å². The van der Waals surface area contributed by atoms with Crippen molar-refractivity contribution >= 4 is 0 Å². The Balaban J connectivity index is 0.000000149. The zero-order valence-electron chi connectivity index (χ0n) is 69.0. The van der Waals surface area contributed by atoms with Crippen LogP contribution in [0, 0.1) is 111 Å². The highest BCUT2D eigenvalue weighted by Crippen LogP contribution is 2.30. The van der Waals surface area contributed by atoms with Crippen LogP contribution < -0.4 is 0 Å². The summed E-state index contributed by atoms with van der Waals surface area (Å²) in [5.41, 5.74) is 41.5. The van der Waals surface area contributed by atoms with Gasteiger partial charge in [0, 0.05) is 0 Å². The van der Waals surface area contributed by atoms with E-state index in [1.165, 1.54) is 178 Å². The second-order valence-electron chi connectivity index (χ2n) is 29.9. The molecule has 0 aromatic heterocycles. The van der Waals surface area contributed by atoms with Crippen LogP contribution >= 0.6 is 0 Å². The highest BCUT2D eigenvalue weighted by Gasteiger charge is 2.05. The summed E-state index contributed by atoms with van der Waals surface area (Å²) in [6, 6.07) is 138. The lowest BCUT2D eigenvalue weighted by Crippen LogP contribution is -1.81. The predicted octanol–water partition coefficient (Wildman–Crippen LogP) is 31.8. The van der Waals surface area contributed by atoms with Gasteiger partial charge < -0.3 is 0 Å². The Kier molecular flexibility index (Phi) is 32.1. The fourth-order valence-corrected chi connectivity index (χ4v) is 12.5. The van der Waals surface area contributed by atoms with Crippen molar-refractivity contribution in [1.82, 2.24) is 0 Å². The van der Waals surface area contributed by atoms with E-state index in [-0.39, 0.29) is 0 Å². The van der Waals surface area contributed by atoms with Crippen molar-refractivity contribution in [3.63, 3.8) is 0 Å². The molecule has 16 rings (SSSR count). The van der Waals surface area contributed by atoms with Crippen molar-refractivity contribution in [3.8, 4) is 89.0 Å². The summed E-state index contributed by atoms with van der Waals surface area (Å²) in [7, 11) is 0. The monoisotopic (exact) mass is 1460 g/mol. The van der Waals surface area contributed by atoms with Crippen LogP contribution in [0.1, 0.15) is 89.0 Å². The van der Waals surface area contributed by atoms with Crippen LogP contribution in [-0.4, -0.2) is 0 Å². The van der Waals surface area contributed by atoms with E-state index in [2.05, 4.69) is 499 Å². The van der Waals surface area contributed by atoms with Crippen LogP contribution in [0.2, 0.25) is 0 Å². The molecule has 0 heterocycles. The van der Waals surface area contributed by atoms with Gasteiger partial charge in [-0.3, -0.25) is 0 Å². The first-order valence-corrected chi connectivity index (χ1v) is 39.1. The Hall–Kier alpha value is -12.5. The Morgan fingerprint density at radius 1 is 0.0804 bits per heavy atom. The fourth-order valence-electron chi connectivity index (χ4n) is 12.5. The maximum absolute atomic E-state index is 2.22. The van der Waals surface area contributed by atoms with Gasteiger partial charge in [0.05, 0.1) is 0 Å². The molecule has 0 atom stereocenters. The van der Waals surface area contributed by atoms with Gasteiger partial charge in [0.25, 0.3) is 0 Å². The van der Waals surface area contributed by atoms with Crippen molar-refractivity contribution in [2.24, 2.45) is 0 Å². The summed E-state index contributed by atoms with van der Waals surface area (Å²) >= 11 is 0. The SMILES string of the molecule is Cc1ccc(-c2ccc(-c3ccc(C)cc3)cc2)cc1.Cc1ccc(-c2ccc(-c3cccc(C)c3)cc2)cc1.Cc1ccc(-c2ccc(C)cc2)cc1.Cc1ccc(-c2cccc(C)c2)cc1.Cc1ccc(-c2cccc(C)c2)cc1.Cc1ccc(C)cc1.Cc1cccc(-c2cccc(C)c2)c1.Cc1cccc(C)c1. The molecular weight excluding hydrogens is 1350 g/mol. The molecule has 16 aromatic carbocycles. The number of benzene rings is 16. The van der Waals surface area contributed by atoms with Crippen LogP contribution in [0.15, 0.2) is 388 Å². The fraction of sp³-hybridized carbons (Fsp3) is 0.143. The largest absolute Gasteiger partial charge is 0.0617 e. The Morgan fingerprint density at radius 2 is 0.179 bits per heavy atom. The quantitative estimate of drug-likeness (QED) is 0.142. The third-order valence-electron chi connectivity index (χ3n) is 19.3. The highest BCUT2D eigenvalue weighted by molar-refractivity contribution is 5.73. The summed E-state index contributed by atoms with van der Waals surface area (Å²) in [5.74, 6) is 0. The van der Waals surface area contributed by atoms with Gasteiger partial charge in [-0.1, -0.05) is 477 Å². The maximum Gasteiger partial charge on any atom is -0.0181 e. The maximum atomic E-state index is 2.22. The molecule has 0 aliphatic heterocycles. The molecule has 0 nitrogen and oxygen atoms in total. The van der Waals surface area contributed by atoms with Crippen molar-refractivity contribution in [2.75, 3.05) is 0 Å². The van der Waals surface area contributed by atoms with Crippen LogP contribution in [0.4, 0.5) is 0 Å². The average molecular weight is 1460 g/mol. The molecule has 0 heteroatoms. The molecule has 0 aliphatic rings. The number of hydrogen-bond acceptors (Lipinski definition) is 0. The molecule has 0 unspecified atom stereocenters. The lowest BCUT2D eigenvalue weighted by Gasteiger charge is -2.06. The van der Waals surface area contributed by atoms with E-state index >= 15 is 0 Å². The molecule has 0 radical (unpaired) electrons. The predicted molar refractivity (Wildman–Crippen MR) is 491 cm³/mol. The van der Waals surface area contributed by atoms with Gasteiger partial charge in [-0.05, 0) is 200 Å². The van der Waals surface area contributed by atoms with Crippen molar-refractivity contribution in [2.45, 2.75) is 111 Å². The molecule has 0 saturated carbocycles. The molecule has 112 heavy (non-hydrogen) atoms. The average Bonchev–Trinajstić information content (AvgIpc) is 0.841. The summed E-state index contributed by atoms with van der Waals surface area (Å²) in [6.07, 6.45) is 0. The second-order valence-corrected chi connectivity index (χ2v) is 29.9. The van der Waals surface area contributed by atoms with Crippen LogP contribution in [0.25, 0.3) is 89.0 Å². The van der Waals surface area contributed by atoms with Crippen molar-refractivity contribution in [1.29, 1.82) is 0 Å². The molecule has 16 aromatic rings. The number of hydrogen-bond donors (Lipinski definition) is 0. The molecular formula is C112H112. The first-order valence-electron chi connectivity index (χ1n) is 39.1. The minimum Gasteiger partial charge on any atom is -0.0617 e. The summed E-state index contributed by atoms with van der Waals surface area (Å²) in [4.78, 5) is 0. The van der Waals surface area contributed by atoms with Gasteiger partial charge in [0.15, 0.2) is 0 Å². The molecule has 0 N–H and O–H groups in total. The lowest BCUT2D eigenvalue weighted by molar-refractivity contribution is 1.39. The highest BCUT2D eigenvalue weighted by atomic mass is 14.1. The zero-order chi connectivity index (χ0) is 79.7. The van der Waals surface area contributed by atoms with Crippen molar-refractivity contribution in [3.05, 3.63) is 477 Å². The van der Waals surface area contributed by atoms with Crippen LogP contribution in [0.3, 0.4) is 0 Å². The van der Waals surface area contributed by atoms with Gasteiger partial charge in [-0.15, -0.1) is 0 Å². The third-order valence-corrected chi connectivity index (χ3v) is 19.3. The molecule has 560 valence electrons. The number of aryl methyl sites for hydroxylation is 16. The zero-order valence-corrected chi connectivity index (χ0v) is 69.0. The molecule has 0 amide bonds. The molecule has 0 aliphatic carbocycles. The van der Waals surface area contributed by atoms with Gasteiger partial charge in [0.2, 0.25) is 0 Å². The van der Waals surface area contributed by atoms with Gasteiger partial charge >= 0.3 is 0 Å². The van der Waals surface area contributed by atoms with E-state index < -0.39 is 0 Å². The number of rotatable bonds is 8. The lowest BCUT2D eigenvalue weighted by atomic mass is 9.99. The minimum atomic E-state index is 1.26. The van der Waals surface area contributed by atoms with E-state index in [1.807, 2.05) is 0 Å². The molecule has 0 bridgehead atoms. The summed E-state index contributed by atoms with van der Waals surface area (Å²) < 4.78 is 0. The minimum absolute atomic E-state index is 1.26. The van der Waals surface area contributed by atoms with Gasteiger partial charge in [-0.2, -0.15) is 0 Å². The van der Waals surface area contributed by atoms with Gasteiger partial charge in [0.1, 0.15) is 0 Å². The van der Waals surface area contributed by atoms with E-state index in [1.54, 1.807) is 0 Å². The Labute approximate surface area is 672 Å². The summed E-state index contributed by atoms with van der Waals surface area (Å²) in [5, 5.41) is 0. The van der Waals surface area contributed by atoms with E-state index in [0.717, 1.165) is 0 Å².